The van der Waals surface area contributed by atoms with Crippen LogP contribution in [0.25, 0.3) is 5.65 Å². The molecule has 84 valence electrons. The average molecular weight is 241 g/mol. The quantitative estimate of drug-likeness (QED) is 0.807. The van der Waals surface area contributed by atoms with Crippen molar-refractivity contribution in [3.05, 3.63) is 29.2 Å². The van der Waals surface area contributed by atoms with Crippen LogP contribution in [0.3, 0.4) is 0 Å². The van der Waals surface area contributed by atoms with Crippen LogP contribution in [0.2, 0.25) is 5.15 Å². The largest absolute Gasteiger partial charge is 0.480 e. The standard InChI is InChI=1S/C9H9ClN4O2/c10-7-1-2-8-12-5(4-14(8)13-7)3-6(11)9(15)16/h1-2,4,6H,3,11H2,(H,15,16)/t6-/m0/s1. The lowest BCUT2D eigenvalue weighted by Crippen LogP contribution is -2.32. The lowest BCUT2D eigenvalue weighted by atomic mass is 10.2. The fourth-order valence-corrected chi connectivity index (χ4v) is 1.46. The molecule has 0 aliphatic heterocycles. The number of rotatable bonds is 3. The van der Waals surface area contributed by atoms with Gasteiger partial charge in [-0.2, -0.15) is 5.10 Å². The molecule has 0 aliphatic rings. The van der Waals surface area contributed by atoms with Crippen LogP contribution in [0.15, 0.2) is 18.3 Å². The van der Waals surface area contributed by atoms with Crippen LogP contribution in [0.5, 0.6) is 0 Å². The SMILES string of the molecule is N[C@@H](Cc1cn2nc(Cl)ccc2n1)C(=O)O. The predicted octanol–water partition coefficient (Wildman–Crippen LogP) is 0.337. The van der Waals surface area contributed by atoms with E-state index in [1.165, 1.54) is 4.52 Å². The third kappa shape index (κ3) is 2.12. The summed E-state index contributed by atoms with van der Waals surface area (Å²) in [6, 6.07) is 2.36. The van der Waals surface area contributed by atoms with E-state index in [0.29, 0.717) is 16.5 Å². The van der Waals surface area contributed by atoms with E-state index in [1.807, 2.05) is 0 Å². The van der Waals surface area contributed by atoms with Crippen LogP contribution in [0, 0.1) is 0 Å². The van der Waals surface area contributed by atoms with Crippen LogP contribution in [-0.4, -0.2) is 31.7 Å². The monoisotopic (exact) mass is 240 g/mol. The Kier molecular flexibility index (Phi) is 2.76. The first-order chi connectivity index (χ1) is 7.56. The van der Waals surface area contributed by atoms with Gasteiger partial charge in [-0.15, -0.1) is 0 Å². The van der Waals surface area contributed by atoms with E-state index >= 15 is 0 Å². The molecule has 0 saturated heterocycles. The Morgan fingerprint density at radius 2 is 2.38 bits per heavy atom. The summed E-state index contributed by atoms with van der Waals surface area (Å²) in [6.07, 6.45) is 1.78. The zero-order chi connectivity index (χ0) is 11.7. The number of hydrogen-bond donors (Lipinski definition) is 2. The third-order valence-electron chi connectivity index (χ3n) is 2.08. The number of imidazole rings is 1. The summed E-state index contributed by atoms with van der Waals surface area (Å²) >= 11 is 5.71. The lowest BCUT2D eigenvalue weighted by molar-refractivity contribution is -0.138. The smallest absolute Gasteiger partial charge is 0.320 e. The summed E-state index contributed by atoms with van der Waals surface area (Å²) < 4.78 is 1.49. The number of aliphatic carboxylic acids is 1. The molecule has 16 heavy (non-hydrogen) atoms. The first-order valence-electron chi connectivity index (χ1n) is 4.55. The third-order valence-corrected chi connectivity index (χ3v) is 2.29. The Balaban J connectivity index is 2.29. The van der Waals surface area contributed by atoms with Crippen molar-refractivity contribution in [1.29, 1.82) is 0 Å². The van der Waals surface area contributed by atoms with Gasteiger partial charge in [0.2, 0.25) is 0 Å². The van der Waals surface area contributed by atoms with Gasteiger partial charge >= 0.3 is 5.97 Å². The molecule has 0 bridgehead atoms. The van der Waals surface area contributed by atoms with Gasteiger partial charge < -0.3 is 10.8 Å². The van der Waals surface area contributed by atoms with Crippen molar-refractivity contribution >= 4 is 23.2 Å². The fourth-order valence-electron chi connectivity index (χ4n) is 1.32. The van der Waals surface area contributed by atoms with Crippen molar-refractivity contribution in [3.8, 4) is 0 Å². The molecule has 2 rings (SSSR count). The Labute approximate surface area is 95.7 Å². The van der Waals surface area contributed by atoms with Gasteiger partial charge in [-0.05, 0) is 12.1 Å². The minimum atomic E-state index is -1.05. The maximum Gasteiger partial charge on any atom is 0.320 e. The number of halogens is 1. The highest BCUT2D eigenvalue weighted by molar-refractivity contribution is 6.29. The maximum atomic E-state index is 10.6. The lowest BCUT2D eigenvalue weighted by Gasteiger charge is -2.01. The number of carboxylic acids is 1. The predicted molar refractivity (Wildman–Crippen MR) is 57.3 cm³/mol. The van der Waals surface area contributed by atoms with Crippen LogP contribution < -0.4 is 5.73 Å². The minimum Gasteiger partial charge on any atom is -0.480 e. The molecule has 2 aromatic rings. The first kappa shape index (κ1) is 10.8. The minimum absolute atomic E-state index is 0.163. The van der Waals surface area contributed by atoms with Crippen LogP contribution in [0.1, 0.15) is 5.69 Å². The van der Waals surface area contributed by atoms with Crippen LogP contribution in [-0.2, 0) is 11.2 Å². The molecular weight excluding hydrogens is 232 g/mol. The van der Waals surface area contributed by atoms with E-state index in [0.717, 1.165) is 0 Å². The molecule has 2 heterocycles. The second kappa shape index (κ2) is 4.07. The summed E-state index contributed by atoms with van der Waals surface area (Å²) in [5.41, 5.74) is 6.59. The van der Waals surface area contributed by atoms with E-state index < -0.39 is 12.0 Å². The van der Waals surface area contributed by atoms with Gasteiger partial charge in [0, 0.05) is 6.42 Å². The maximum absolute atomic E-state index is 10.6. The zero-order valence-corrected chi connectivity index (χ0v) is 8.92. The Morgan fingerprint density at radius 3 is 3.06 bits per heavy atom. The Bertz CT molecular complexity index is 539. The van der Waals surface area contributed by atoms with Crippen molar-refractivity contribution in [1.82, 2.24) is 14.6 Å². The summed E-state index contributed by atoms with van der Waals surface area (Å²) in [6.45, 7) is 0. The summed E-state index contributed by atoms with van der Waals surface area (Å²) in [7, 11) is 0. The number of nitrogens with zero attached hydrogens (tertiary/aromatic N) is 3. The molecule has 7 heteroatoms. The zero-order valence-electron chi connectivity index (χ0n) is 8.17. The van der Waals surface area contributed by atoms with Gasteiger partial charge in [0.25, 0.3) is 0 Å². The Hall–Kier alpha value is -1.66. The normalized spacial score (nSPS) is 12.9. The number of carbonyl (C=O) groups is 1. The van der Waals surface area contributed by atoms with E-state index in [2.05, 4.69) is 10.1 Å². The van der Waals surface area contributed by atoms with Crippen molar-refractivity contribution in [2.75, 3.05) is 0 Å². The van der Waals surface area contributed by atoms with Crippen molar-refractivity contribution in [2.45, 2.75) is 12.5 Å². The molecule has 1 atom stereocenters. The van der Waals surface area contributed by atoms with E-state index in [1.54, 1.807) is 18.3 Å². The summed E-state index contributed by atoms with van der Waals surface area (Å²) in [5.74, 6) is -1.05. The molecule has 3 N–H and O–H groups in total. The number of nitrogens with two attached hydrogens (primary N) is 1. The van der Waals surface area contributed by atoms with Crippen molar-refractivity contribution < 1.29 is 9.90 Å². The fraction of sp³-hybridized carbons (Fsp3) is 0.222. The summed E-state index contributed by atoms with van der Waals surface area (Å²) in [5, 5.41) is 13.0. The molecule has 6 nitrogen and oxygen atoms in total. The molecule has 0 radical (unpaired) electrons. The summed E-state index contributed by atoms with van der Waals surface area (Å²) in [4.78, 5) is 14.8. The van der Waals surface area contributed by atoms with E-state index in [9.17, 15) is 4.79 Å². The van der Waals surface area contributed by atoms with Crippen LogP contribution >= 0.6 is 11.6 Å². The second-order valence-electron chi connectivity index (χ2n) is 3.34. The topological polar surface area (TPSA) is 93.5 Å². The van der Waals surface area contributed by atoms with Gasteiger partial charge in [-0.25, -0.2) is 9.50 Å². The van der Waals surface area contributed by atoms with Gasteiger partial charge in [-0.1, -0.05) is 11.6 Å². The highest BCUT2D eigenvalue weighted by Crippen LogP contribution is 2.09. The molecule has 0 aromatic carbocycles. The number of carboxylic acid groups (broad SMARTS) is 1. The molecule has 0 unspecified atom stereocenters. The average Bonchev–Trinajstić information content (AvgIpc) is 2.58. The van der Waals surface area contributed by atoms with Crippen LogP contribution in [0.4, 0.5) is 0 Å². The van der Waals surface area contributed by atoms with Gasteiger partial charge in [0.1, 0.15) is 11.2 Å². The van der Waals surface area contributed by atoms with Crippen molar-refractivity contribution in [3.63, 3.8) is 0 Å². The number of fused-ring (bicyclic) bond motifs is 1. The van der Waals surface area contributed by atoms with Gasteiger partial charge in [-0.3, -0.25) is 4.79 Å². The number of aromatic nitrogens is 3. The molecular formula is C9H9ClN4O2. The van der Waals surface area contributed by atoms with E-state index in [4.69, 9.17) is 22.4 Å². The molecule has 2 aromatic heterocycles. The van der Waals surface area contributed by atoms with Crippen molar-refractivity contribution in [2.24, 2.45) is 5.73 Å². The molecule has 0 fully saturated rings. The van der Waals surface area contributed by atoms with E-state index in [-0.39, 0.29) is 6.42 Å². The Morgan fingerprint density at radius 1 is 1.62 bits per heavy atom. The second-order valence-corrected chi connectivity index (χ2v) is 3.73. The van der Waals surface area contributed by atoms with Gasteiger partial charge in [0.15, 0.2) is 5.65 Å². The number of hydrogen-bond acceptors (Lipinski definition) is 4. The van der Waals surface area contributed by atoms with Gasteiger partial charge in [0.05, 0.1) is 11.9 Å². The molecule has 0 saturated carbocycles. The molecule has 0 aliphatic carbocycles. The highest BCUT2D eigenvalue weighted by Gasteiger charge is 2.14. The molecule has 0 spiro atoms. The highest BCUT2D eigenvalue weighted by atomic mass is 35.5. The molecule has 0 amide bonds. The first-order valence-corrected chi connectivity index (χ1v) is 4.93.